The highest BCUT2D eigenvalue weighted by Gasteiger charge is 2.41. The molecule has 9 heteroatoms. The number of hydrogen-bond acceptors (Lipinski definition) is 7. The van der Waals surface area contributed by atoms with Crippen molar-refractivity contribution in [2.24, 2.45) is 0 Å². The molecule has 20 heavy (non-hydrogen) atoms. The van der Waals surface area contributed by atoms with Crippen LogP contribution in [-0.2, 0) is 31.9 Å². The molecule has 2 unspecified atom stereocenters. The summed E-state index contributed by atoms with van der Waals surface area (Å²) in [6.07, 6.45) is 1.04. The third-order valence-electron chi connectivity index (χ3n) is 2.79. The maximum atomic E-state index is 5.47. The summed E-state index contributed by atoms with van der Waals surface area (Å²) in [7, 11) is -0.175. The van der Waals surface area contributed by atoms with Gasteiger partial charge in [0.25, 0.3) is 0 Å². The zero-order valence-corrected chi connectivity index (χ0v) is 14.5. The normalized spacial score (nSPS) is 19.9. The zero-order chi connectivity index (χ0) is 14.8. The van der Waals surface area contributed by atoms with E-state index >= 15 is 0 Å². The Hall–Kier alpha value is -0.106. The van der Waals surface area contributed by atoms with Gasteiger partial charge in [-0.3, -0.25) is 4.58 Å². The van der Waals surface area contributed by atoms with E-state index in [4.69, 9.17) is 31.9 Å². The average molecular weight is 324 g/mol. The van der Waals surface area contributed by atoms with Crippen LogP contribution in [0.15, 0.2) is 12.3 Å². The Balaban J connectivity index is 2.25. The van der Waals surface area contributed by atoms with E-state index in [0.717, 1.165) is 13.0 Å². The van der Waals surface area contributed by atoms with Crippen LogP contribution in [-0.4, -0.2) is 65.3 Å². The molecule has 0 aromatic rings. The molecule has 0 aromatic carbocycles. The average Bonchev–Trinajstić information content (AvgIpc) is 3.30. The Kier molecular flexibility index (Phi) is 8.76. The van der Waals surface area contributed by atoms with E-state index in [2.05, 4.69) is 6.58 Å². The molecule has 1 saturated heterocycles. The van der Waals surface area contributed by atoms with E-state index in [0.29, 0.717) is 19.3 Å². The summed E-state index contributed by atoms with van der Waals surface area (Å²) in [5.74, 6) is 0. The first-order chi connectivity index (χ1) is 9.69. The largest absolute Gasteiger partial charge is 0.528 e. The van der Waals surface area contributed by atoms with Crippen LogP contribution in [0.3, 0.4) is 0 Å². The van der Waals surface area contributed by atoms with Crippen LogP contribution in [0.1, 0.15) is 6.42 Å². The highest BCUT2D eigenvalue weighted by Crippen LogP contribution is 2.17. The van der Waals surface area contributed by atoms with Gasteiger partial charge in [-0.1, -0.05) is 5.70 Å². The van der Waals surface area contributed by atoms with Gasteiger partial charge < -0.3 is 22.8 Å². The lowest BCUT2D eigenvalue weighted by Gasteiger charge is -2.26. The first-order valence-electron chi connectivity index (χ1n) is 6.49. The van der Waals surface area contributed by atoms with Gasteiger partial charge in [0.15, 0.2) is 0 Å². The van der Waals surface area contributed by atoms with Gasteiger partial charge in [0, 0.05) is 34.0 Å². The van der Waals surface area contributed by atoms with E-state index in [1.807, 2.05) is 0 Å². The van der Waals surface area contributed by atoms with Crippen molar-refractivity contribution in [3.05, 3.63) is 12.3 Å². The van der Waals surface area contributed by atoms with E-state index in [1.54, 1.807) is 27.0 Å². The van der Waals surface area contributed by atoms with Gasteiger partial charge >= 0.3 is 18.1 Å². The number of rotatable bonds is 13. The second-order valence-corrected chi connectivity index (χ2v) is 8.97. The number of hydrogen-bond donors (Lipinski definition) is 0. The van der Waals surface area contributed by atoms with Crippen LogP contribution in [0, 0.1) is 0 Å². The van der Waals surface area contributed by atoms with E-state index in [9.17, 15) is 0 Å². The molecule has 1 fully saturated rings. The molecule has 0 saturated carbocycles. The van der Waals surface area contributed by atoms with Gasteiger partial charge in [0.05, 0.1) is 13.2 Å². The van der Waals surface area contributed by atoms with E-state index in [-0.39, 0.29) is 6.10 Å². The maximum absolute atomic E-state index is 5.47. The molecule has 1 heterocycles. The third-order valence-corrected chi connectivity index (χ3v) is 6.68. The predicted octanol–water partition coefficient (Wildman–Crippen LogP) is 0.564. The fourth-order valence-corrected chi connectivity index (χ4v) is 4.15. The zero-order valence-electron chi connectivity index (χ0n) is 12.3. The van der Waals surface area contributed by atoms with Gasteiger partial charge in [0.2, 0.25) is 0 Å². The highest BCUT2D eigenvalue weighted by molar-refractivity contribution is 6.61. The first-order valence-corrected chi connectivity index (χ1v) is 10.0. The summed E-state index contributed by atoms with van der Waals surface area (Å²) in [6.45, 7) is 5.68. The fourth-order valence-electron chi connectivity index (χ4n) is 1.46. The smallest absolute Gasteiger partial charge is 0.396 e. The molecule has 0 spiro atoms. The topological polar surface area (TPSA) is 67.9 Å². The lowest BCUT2D eigenvalue weighted by Crippen LogP contribution is -2.45. The third kappa shape index (κ3) is 6.56. The molecular formula is C11H24O7Si2. The van der Waals surface area contributed by atoms with Crippen molar-refractivity contribution < 1.29 is 31.9 Å². The summed E-state index contributed by atoms with van der Waals surface area (Å²) in [5.41, 5.74) is 1.61. The van der Waals surface area contributed by atoms with Gasteiger partial charge in [-0.2, -0.15) is 0 Å². The van der Waals surface area contributed by atoms with Crippen molar-refractivity contribution >= 4 is 18.1 Å². The van der Waals surface area contributed by atoms with Gasteiger partial charge in [-0.15, -0.1) is 6.58 Å². The van der Waals surface area contributed by atoms with Crippen LogP contribution in [0.2, 0.25) is 6.04 Å². The predicted molar refractivity (Wildman–Crippen MR) is 76.3 cm³/mol. The van der Waals surface area contributed by atoms with Crippen LogP contribution in [0.4, 0.5) is 0 Å². The lowest BCUT2D eigenvalue weighted by atomic mass is 10.5. The molecule has 0 amide bonds. The summed E-state index contributed by atoms with van der Waals surface area (Å²) in [6, 6.07) is 0.605. The number of ether oxygens (including phenoxy) is 2. The van der Waals surface area contributed by atoms with E-state index < -0.39 is 18.1 Å². The van der Waals surface area contributed by atoms with Gasteiger partial charge in [-0.25, -0.2) is 4.58 Å². The van der Waals surface area contributed by atoms with Crippen LogP contribution < -0.4 is 0 Å². The summed E-state index contributed by atoms with van der Waals surface area (Å²) in [5, 5.41) is 0. The Morgan fingerprint density at radius 1 is 1.35 bits per heavy atom. The molecule has 2 atom stereocenters. The second-order valence-electron chi connectivity index (χ2n) is 4.24. The second kappa shape index (κ2) is 9.76. The molecule has 0 N–H and O–H groups in total. The van der Waals surface area contributed by atoms with Crippen molar-refractivity contribution in [3.63, 3.8) is 0 Å². The molecule has 0 radical (unpaired) electrons. The quantitative estimate of drug-likeness (QED) is 0.161. The number of epoxide rings is 1. The Morgan fingerprint density at radius 3 is 2.55 bits per heavy atom. The van der Waals surface area contributed by atoms with Crippen LogP contribution in [0.25, 0.3) is 0 Å². The lowest BCUT2D eigenvalue weighted by molar-refractivity contribution is -0.175. The first kappa shape index (κ1) is 17.9. The summed E-state index contributed by atoms with van der Waals surface area (Å²) < 4.78 is 37.0. The Labute approximate surface area is 122 Å². The monoisotopic (exact) mass is 324 g/mol. The van der Waals surface area contributed by atoms with Crippen LogP contribution >= 0.6 is 0 Å². The Bertz CT molecular complexity index is 271. The van der Waals surface area contributed by atoms with Crippen molar-refractivity contribution in [2.75, 3.05) is 41.2 Å². The van der Waals surface area contributed by atoms with Gasteiger partial charge in [0.1, 0.15) is 6.10 Å². The molecule has 1 aliphatic rings. The molecule has 1 aliphatic heterocycles. The van der Waals surface area contributed by atoms with Gasteiger partial charge in [-0.05, 0) is 6.42 Å². The molecule has 118 valence electrons. The standard InChI is InChI=1S/C11H24O7Si2/c1-5-19(12-2)17-18-20(13-3,14-4)8-6-7-15-9-11-10-16-11/h5,11,19H,1,6-10H2,2-4H3. The molecule has 1 rings (SSSR count). The van der Waals surface area contributed by atoms with Crippen LogP contribution in [0.5, 0.6) is 0 Å². The van der Waals surface area contributed by atoms with Crippen molar-refractivity contribution in [1.82, 2.24) is 0 Å². The minimum absolute atomic E-state index is 0.280. The minimum Gasteiger partial charge on any atom is -0.396 e. The molecule has 7 nitrogen and oxygen atoms in total. The molecule has 0 bridgehead atoms. The van der Waals surface area contributed by atoms with Crippen molar-refractivity contribution in [3.8, 4) is 0 Å². The fraction of sp³-hybridized carbons (Fsp3) is 0.818. The SMILES string of the molecule is C=C[SiH](OC)OO[Si](CCCOCC1CO1)(OC)OC. The maximum Gasteiger partial charge on any atom is 0.528 e. The summed E-state index contributed by atoms with van der Waals surface area (Å²) in [4.78, 5) is 0. The van der Waals surface area contributed by atoms with Crippen molar-refractivity contribution in [1.29, 1.82) is 0 Å². The minimum atomic E-state index is -2.83. The highest BCUT2D eigenvalue weighted by atomic mass is 28.4. The van der Waals surface area contributed by atoms with E-state index in [1.165, 1.54) is 0 Å². The van der Waals surface area contributed by atoms with Crippen molar-refractivity contribution in [2.45, 2.75) is 18.6 Å². The molecule has 0 aliphatic carbocycles. The molecular weight excluding hydrogens is 300 g/mol. The molecule has 0 aromatic heterocycles. The Morgan fingerprint density at radius 2 is 2.05 bits per heavy atom. The summed E-state index contributed by atoms with van der Waals surface area (Å²) >= 11 is 0.